The molecule has 0 aromatic rings. The van der Waals surface area contributed by atoms with E-state index in [4.69, 9.17) is 0 Å². The van der Waals surface area contributed by atoms with E-state index in [1.807, 2.05) is 0 Å². The lowest BCUT2D eigenvalue weighted by Gasteiger charge is -2.05. The van der Waals surface area contributed by atoms with Gasteiger partial charge in [-0.25, -0.2) is 0 Å². The fourth-order valence-corrected chi connectivity index (χ4v) is 3.05. The minimum absolute atomic E-state index is 0.332. The lowest BCUT2D eigenvalue weighted by atomic mass is 10.6. The van der Waals surface area contributed by atoms with Gasteiger partial charge in [-0.1, -0.05) is 21.0 Å². The van der Waals surface area contributed by atoms with E-state index in [9.17, 15) is 0 Å². The quantitative estimate of drug-likeness (QED) is 0.555. The van der Waals surface area contributed by atoms with Gasteiger partial charge in [-0.3, -0.25) is 0 Å². The lowest BCUT2D eigenvalue weighted by molar-refractivity contribution is 1.11. The summed E-state index contributed by atoms with van der Waals surface area (Å²) in [6.07, 6.45) is 2.71. The Morgan fingerprint density at radius 2 is 2.00 bits per heavy atom. The molecule has 0 fully saturated rings. The van der Waals surface area contributed by atoms with Crippen LogP contribution in [-0.2, 0) is 0 Å². The maximum Gasteiger partial charge on any atom is -0.00285 e. The highest BCUT2D eigenvalue weighted by Crippen LogP contribution is 2.45. The predicted molar refractivity (Wildman–Crippen MR) is 46.1 cm³/mol. The fourth-order valence-electron chi connectivity index (χ4n) is 0.338. The summed E-state index contributed by atoms with van der Waals surface area (Å²) < 4.78 is 0. The van der Waals surface area contributed by atoms with E-state index in [0.717, 1.165) is 0 Å². The first-order chi connectivity index (χ1) is 3.81. The first-order valence-corrected chi connectivity index (χ1v) is 6.71. The van der Waals surface area contributed by atoms with Gasteiger partial charge in [0.15, 0.2) is 0 Å². The normalized spacial score (nSPS) is 13.9. The van der Waals surface area contributed by atoms with Crippen LogP contribution in [0.15, 0.2) is 0 Å². The van der Waals surface area contributed by atoms with Crippen molar-refractivity contribution < 1.29 is 0 Å². The summed E-state index contributed by atoms with van der Waals surface area (Å²) >= 11 is 2.14. The van der Waals surface area contributed by atoms with Gasteiger partial charge in [-0.15, -0.1) is 11.4 Å². The van der Waals surface area contributed by atoms with Crippen LogP contribution in [0.1, 0.15) is 20.3 Å². The van der Waals surface area contributed by atoms with Crippen LogP contribution in [0.4, 0.5) is 0 Å². The van der Waals surface area contributed by atoms with Gasteiger partial charge in [0.1, 0.15) is 0 Å². The molecule has 0 radical (unpaired) electrons. The number of hydrogen-bond acceptors (Lipinski definition) is 1. The van der Waals surface area contributed by atoms with Crippen molar-refractivity contribution in [3.8, 4) is 0 Å². The molecule has 0 spiro atoms. The fraction of sp³-hybridized carbons (Fsp3) is 1.00. The zero-order valence-electron chi connectivity index (χ0n) is 5.98. The van der Waals surface area contributed by atoms with E-state index in [-0.39, 0.29) is 0 Å². The molecule has 0 aliphatic carbocycles. The third-order valence-electron chi connectivity index (χ3n) is 0.961. The van der Waals surface area contributed by atoms with Gasteiger partial charge in [-0.2, -0.15) is 0 Å². The van der Waals surface area contributed by atoms with Gasteiger partial charge in [0.2, 0.25) is 0 Å². The summed E-state index contributed by atoms with van der Waals surface area (Å²) in [6, 6.07) is 0. The smallest absolute Gasteiger partial charge is 0.00285 e. The predicted octanol–water partition coefficient (Wildman–Crippen LogP) is 3.18. The van der Waals surface area contributed by atoms with Gasteiger partial charge in [0.05, 0.1) is 0 Å². The first kappa shape index (κ1) is 8.78. The number of rotatable bonds is 4. The van der Waals surface area contributed by atoms with E-state index in [1.54, 1.807) is 0 Å². The molecule has 50 valence electrons. The molecule has 0 saturated heterocycles. The van der Waals surface area contributed by atoms with Crippen molar-refractivity contribution in [3.05, 3.63) is 0 Å². The van der Waals surface area contributed by atoms with E-state index in [1.165, 1.54) is 18.3 Å². The second kappa shape index (κ2) is 5.91. The largest absolute Gasteiger partial charge is 0.135 e. The molecule has 0 aromatic heterocycles. The molecule has 0 aliphatic rings. The van der Waals surface area contributed by atoms with Crippen LogP contribution in [0, 0.1) is 0 Å². The zero-order valence-corrected chi connectivity index (χ0v) is 7.69. The van der Waals surface area contributed by atoms with Crippen molar-refractivity contribution in [1.82, 2.24) is 0 Å². The van der Waals surface area contributed by atoms with Crippen LogP contribution in [0.3, 0.4) is 0 Å². The molecule has 0 aliphatic heterocycles. The molecular weight excluding hydrogens is 135 g/mol. The van der Waals surface area contributed by atoms with Gasteiger partial charge in [0.25, 0.3) is 0 Å². The van der Waals surface area contributed by atoms with Crippen molar-refractivity contribution in [2.24, 2.45) is 0 Å². The molecule has 0 rings (SSSR count). The Kier molecular flexibility index (Phi) is 6.48. The van der Waals surface area contributed by atoms with Crippen LogP contribution < -0.4 is 0 Å². The minimum atomic E-state index is 0.332. The van der Waals surface area contributed by atoms with Gasteiger partial charge in [-0.05, 0) is 25.0 Å². The summed E-state index contributed by atoms with van der Waals surface area (Å²) in [5, 5.41) is 0. The first-order valence-electron chi connectivity index (χ1n) is 3.15. The molecular formula is C6H15PS. The molecule has 1 unspecified atom stereocenters. The lowest BCUT2D eigenvalue weighted by Crippen LogP contribution is -1.73. The summed E-state index contributed by atoms with van der Waals surface area (Å²) in [5.74, 6) is 1.36. The highest BCUT2D eigenvalue weighted by atomic mass is 32.7. The second-order valence-electron chi connectivity index (χ2n) is 1.78. The Labute approximate surface area is 57.9 Å². The topological polar surface area (TPSA) is 0 Å². The monoisotopic (exact) mass is 150 g/mol. The average molecular weight is 150 g/mol. The highest BCUT2D eigenvalue weighted by Gasteiger charge is 1.94. The number of hydrogen-bond donors (Lipinski definition) is 0. The van der Waals surface area contributed by atoms with Gasteiger partial charge >= 0.3 is 0 Å². The highest BCUT2D eigenvalue weighted by molar-refractivity contribution is 8.55. The van der Waals surface area contributed by atoms with Crippen molar-refractivity contribution >= 4 is 18.5 Å². The molecule has 0 nitrogen and oxygen atoms in total. The summed E-state index contributed by atoms with van der Waals surface area (Å²) in [4.78, 5) is 0. The Hall–Kier alpha value is 0.780. The molecule has 2 heteroatoms. The van der Waals surface area contributed by atoms with Gasteiger partial charge in [0, 0.05) is 0 Å². The van der Waals surface area contributed by atoms with Crippen molar-refractivity contribution in [1.29, 1.82) is 0 Å². The second-order valence-corrected chi connectivity index (χ2v) is 6.98. The average Bonchev–Trinajstić information content (AvgIpc) is 1.83. The van der Waals surface area contributed by atoms with Gasteiger partial charge < -0.3 is 0 Å². The van der Waals surface area contributed by atoms with Crippen LogP contribution in [0.2, 0.25) is 0 Å². The maximum atomic E-state index is 2.36. The van der Waals surface area contributed by atoms with Crippen molar-refractivity contribution in [2.45, 2.75) is 20.3 Å². The molecule has 0 amide bonds. The molecule has 8 heavy (non-hydrogen) atoms. The van der Waals surface area contributed by atoms with E-state index >= 15 is 0 Å². The molecule has 0 bridgehead atoms. The van der Waals surface area contributed by atoms with Crippen LogP contribution in [0.5, 0.6) is 0 Å². The molecule has 0 heterocycles. The Morgan fingerprint density at radius 1 is 1.38 bits per heavy atom. The Bertz CT molecular complexity index is 47.8. The Balaban J connectivity index is 2.86. The third kappa shape index (κ3) is 4.93. The van der Waals surface area contributed by atoms with Crippen LogP contribution >= 0.6 is 18.5 Å². The van der Waals surface area contributed by atoms with E-state index < -0.39 is 0 Å². The zero-order chi connectivity index (χ0) is 6.41. The molecule has 0 saturated carbocycles. The summed E-state index contributed by atoms with van der Waals surface area (Å²) in [5.41, 5.74) is 0. The van der Waals surface area contributed by atoms with Crippen molar-refractivity contribution in [3.63, 3.8) is 0 Å². The van der Waals surface area contributed by atoms with Crippen LogP contribution in [-0.4, -0.2) is 18.6 Å². The van der Waals surface area contributed by atoms with Crippen molar-refractivity contribution in [2.75, 3.05) is 18.6 Å². The van der Waals surface area contributed by atoms with E-state index in [0.29, 0.717) is 7.12 Å². The third-order valence-corrected chi connectivity index (χ3v) is 5.53. The summed E-state index contributed by atoms with van der Waals surface area (Å²) in [7, 11) is 0.332. The SMILES string of the molecule is CCCSP(C)CC. The van der Waals surface area contributed by atoms with Crippen LogP contribution in [0.25, 0.3) is 0 Å². The molecule has 0 N–H and O–H groups in total. The summed E-state index contributed by atoms with van der Waals surface area (Å²) in [6.45, 7) is 6.87. The standard InChI is InChI=1S/C6H15PS/c1-4-6-8-7(3)5-2/h4-6H2,1-3H3. The Morgan fingerprint density at radius 3 is 2.38 bits per heavy atom. The molecule has 0 aromatic carbocycles. The van der Waals surface area contributed by atoms with E-state index in [2.05, 4.69) is 31.9 Å². The maximum absolute atomic E-state index is 2.36. The molecule has 1 atom stereocenters. The minimum Gasteiger partial charge on any atom is -0.135 e.